The number of methoxy groups -OCH3 is 1. The van der Waals surface area contributed by atoms with E-state index in [2.05, 4.69) is 4.98 Å². The lowest BCUT2D eigenvalue weighted by Gasteiger charge is -2.03. The first-order valence-corrected chi connectivity index (χ1v) is 4.93. The van der Waals surface area contributed by atoms with Gasteiger partial charge in [0.15, 0.2) is 5.69 Å². The van der Waals surface area contributed by atoms with Gasteiger partial charge in [0.2, 0.25) is 0 Å². The smallest absolute Gasteiger partial charge is 0.357 e. The average Bonchev–Trinajstić information content (AvgIpc) is 2.67. The molecule has 0 amide bonds. The number of benzene rings is 1. The Labute approximate surface area is 91.8 Å². The van der Waals surface area contributed by atoms with Gasteiger partial charge in [-0.05, 0) is 24.3 Å². The zero-order valence-electron chi connectivity index (χ0n) is 8.69. The summed E-state index contributed by atoms with van der Waals surface area (Å²) in [4.78, 5) is 15.6. The van der Waals surface area contributed by atoms with Crippen molar-refractivity contribution in [3.63, 3.8) is 0 Å². The normalized spacial score (nSPS) is 13.7. The SMILES string of the molecule is COc1ccc2nc3c(cc2c1)COC3=O. The first kappa shape index (κ1) is 9.15. The molecule has 0 fully saturated rings. The van der Waals surface area contributed by atoms with Crippen molar-refractivity contribution in [2.75, 3.05) is 7.11 Å². The Bertz CT molecular complexity index is 592. The molecule has 16 heavy (non-hydrogen) atoms. The number of cyclic esters (lactones) is 1. The summed E-state index contributed by atoms with van der Waals surface area (Å²) in [5, 5.41) is 0.955. The molecule has 0 bridgehead atoms. The molecule has 0 N–H and O–H groups in total. The Balaban J connectivity index is 2.26. The van der Waals surface area contributed by atoms with Gasteiger partial charge in [-0.2, -0.15) is 0 Å². The number of pyridine rings is 1. The van der Waals surface area contributed by atoms with Crippen LogP contribution in [-0.4, -0.2) is 18.1 Å². The molecule has 0 radical (unpaired) electrons. The van der Waals surface area contributed by atoms with E-state index < -0.39 is 0 Å². The van der Waals surface area contributed by atoms with E-state index in [4.69, 9.17) is 9.47 Å². The second-order valence-corrected chi connectivity index (χ2v) is 3.63. The maximum Gasteiger partial charge on any atom is 0.357 e. The van der Waals surface area contributed by atoms with Crippen LogP contribution in [0.5, 0.6) is 5.75 Å². The first-order valence-electron chi connectivity index (χ1n) is 4.93. The lowest BCUT2D eigenvalue weighted by Crippen LogP contribution is -1.97. The van der Waals surface area contributed by atoms with E-state index in [-0.39, 0.29) is 5.97 Å². The number of ether oxygens (including phenoxy) is 2. The molecule has 1 aliphatic rings. The molecule has 0 unspecified atom stereocenters. The highest BCUT2D eigenvalue weighted by molar-refractivity contribution is 5.95. The van der Waals surface area contributed by atoms with Gasteiger partial charge < -0.3 is 9.47 Å². The van der Waals surface area contributed by atoms with E-state index >= 15 is 0 Å². The predicted molar refractivity (Wildman–Crippen MR) is 57.4 cm³/mol. The van der Waals surface area contributed by atoms with Crippen molar-refractivity contribution in [3.05, 3.63) is 35.5 Å². The van der Waals surface area contributed by atoms with Gasteiger partial charge in [0.05, 0.1) is 12.6 Å². The molecule has 1 aromatic heterocycles. The second-order valence-electron chi connectivity index (χ2n) is 3.63. The Morgan fingerprint density at radius 3 is 3.06 bits per heavy atom. The number of carbonyl (C=O) groups excluding carboxylic acids is 1. The largest absolute Gasteiger partial charge is 0.497 e. The monoisotopic (exact) mass is 215 g/mol. The predicted octanol–water partition coefficient (Wildman–Crippen LogP) is 1.91. The lowest BCUT2D eigenvalue weighted by atomic mass is 10.1. The van der Waals surface area contributed by atoms with E-state index in [0.29, 0.717) is 12.3 Å². The maximum atomic E-state index is 11.3. The van der Waals surface area contributed by atoms with Crippen LogP contribution < -0.4 is 4.74 Å². The fraction of sp³-hybridized carbons (Fsp3) is 0.167. The van der Waals surface area contributed by atoms with Crippen LogP contribution in [0.15, 0.2) is 24.3 Å². The molecule has 1 aromatic carbocycles. The number of nitrogens with zero attached hydrogens (tertiary/aromatic N) is 1. The molecule has 0 spiro atoms. The number of fused-ring (bicyclic) bond motifs is 2. The van der Waals surface area contributed by atoms with Crippen LogP contribution in [0.2, 0.25) is 0 Å². The summed E-state index contributed by atoms with van der Waals surface area (Å²) in [7, 11) is 1.62. The molecule has 0 saturated heterocycles. The van der Waals surface area contributed by atoms with Gasteiger partial charge in [-0.25, -0.2) is 9.78 Å². The molecule has 0 saturated carbocycles. The van der Waals surface area contributed by atoms with Crippen LogP contribution in [0.3, 0.4) is 0 Å². The van der Waals surface area contributed by atoms with Crippen molar-refractivity contribution < 1.29 is 14.3 Å². The van der Waals surface area contributed by atoms with Gasteiger partial charge in [-0.1, -0.05) is 0 Å². The van der Waals surface area contributed by atoms with Gasteiger partial charge in [-0.3, -0.25) is 0 Å². The summed E-state index contributed by atoms with van der Waals surface area (Å²) in [5.41, 5.74) is 2.04. The van der Waals surface area contributed by atoms with Crippen LogP contribution in [0.4, 0.5) is 0 Å². The quantitative estimate of drug-likeness (QED) is 0.682. The van der Waals surface area contributed by atoms with Gasteiger partial charge in [0.25, 0.3) is 0 Å². The third-order valence-corrected chi connectivity index (χ3v) is 2.65. The van der Waals surface area contributed by atoms with Crippen LogP contribution >= 0.6 is 0 Å². The maximum absolute atomic E-state index is 11.3. The van der Waals surface area contributed by atoms with E-state index in [1.165, 1.54) is 0 Å². The van der Waals surface area contributed by atoms with Crippen LogP contribution in [-0.2, 0) is 11.3 Å². The Morgan fingerprint density at radius 2 is 2.25 bits per heavy atom. The number of carbonyl (C=O) groups is 1. The van der Waals surface area contributed by atoms with Crippen LogP contribution in [0, 0.1) is 0 Å². The molecule has 1 aliphatic heterocycles. The standard InChI is InChI=1S/C12H9NO3/c1-15-9-2-3-10-7(5-9)4-8-6-16-12(14)11(8)13-10/h2-5H,6H2,1H3. The van der Waals surface area contributed by atoms with E-state index in [0.717, 1.165) is 22.2 Å². The number of hydrogen-bond acceptors (Lipinski definition) is 4. The minimum atomic E-state index is -0.340. The fourth-order valence-electron chi connectivity index (χ4n) is 1.82. The highest BCUT2D eigenvalue weighted by atomic mass is 16.5. The fourth-order valence-corrected chi connectivity index (χ4v) is 1.82. The zero-order valence-corrected chi connectivity index (χ0v) is 8.69. The topological polar surface area (TPSA) is 48.4 Å². The van der Waals surface area contributed by atoms with E-state index in [1.807, 2.05) is 24.3 Å². The van der Waals surface area contributed by atoms with Crippen molar-refractivity contribution in [1.29, 1.82) is 0 Å². The molecular formula is C12H9NO3. The molecule has 4 heteroatoms. The summed E-state index contributed by atoms with van der Waals surface area (Å²) < 4.78 is 10.1. The summed E-state index contributed by atoms with van der Waals surface area (Å²) >= 11 is 0. The molecule has 4 nitrogen and oxygen atoms in total. The second kappa shape index (κ2) is 3.20. The van der Waals surface area contributed by atoms with Crippen LogP contribution in [0.25, 0.3) is 10.9 Å². The summed E-state index contributed by atoms with van der Waals surface area (Å²) in [5.74, 6) is 0.437. The van der Waals surface area contributed by atoms with Gasteiger partial charge >= 0.3 is 5.97 Å². The molecule has 0 atom stereocenters. The number of hydrogen-bond donors (Lipinski definition) is 0. The van der Waals surface area contributed by atoms with E-state index in [9.17, 15) is 4.79 Å². The van der Waals surface area contributed by atoms with Crippen molar-refractivity contribution in [1.82, 2.24) is 4.98 Å². The average molecular weight is 215 g/mol. The minimum Gasteiger partial charge on any atom is -0.497 e. The van der Waals surface area contributed by atoms with Gasteiger partial charge in [0.1, 0.15) is 12.4 Å². The molecule has 2 aromatic rings. The van der Waals surface area contributed by atoms with Gasteiger partial charge in [0, 0.05) is 10.9 Å². The van der Waals surface area contributed by atoms with Gasteiger partial charge in [-0.15, -0.1) is 0 Å². The molecule has 0 aliphatic carbocycles. The lowest BCUT2D eigenvalue weighted by molar-refractivity contribution is 0.0531. The van der Waals surface area contributed by atoms with E-state index in [1.54, 1.807) is 7.11 Å². The number of esters is 1. The van der Waals surface area contributed by atoms with Crippen molar-refractivity contribution in [3.8, 4) is 5.75 Å². The third kappa shape index (κ3) is 1.23. The zero-order chi connectivity index (χ0) is 11.1. The minimum absolute atomic E-state index is 0.314. The van der Waals surface area contributed by atoms with Crippen molar-refractivity contribution in [2.45, 2.75) is 6.61 Å². The highest BCUT2D eigenvalue weighted by Gasteiger charge is 2.23. The Morgan fingerprint density at radius 1 is 1.38 bits per heavy atom. The number of aromatic nitrogens is 1. The van der Waals surface area contributed by atoms with Crippen molar-refractivity contribution >= 4 is 16.9 Å². The first-order chi connectivity index (χ1) is 7.78. The number of rotatable bonds is 1. The summed E-state index contributed by atoms with van der Waals surface area (Å²) in [6.45, 7) is 0.314. The van der Waals surface area contributed by atoms with Crippen LogP contribution in [0.1, 0.15) is 16.1 Å². The molecule has 3 rings (SSSR count). The Hall–Kier alpha value is -2.10. The molecular weight excluding hydrogens is 206 g/mol. The molecule has 2 heterocycles. The highest BCUT2D eigenvalue weighted by Crippen LogP contribution is 2.25. The Kier molecular flexibility index (Phi) is 1.83. The van der Waals surface area contributed by atoms with Crippen molar-refractivity contribution in [2.24, 2.45) is 0 Å². The molecule has 80 valence electrons. The third-order valence-electron chi connectivity index (χ3n) is 2.65. The summed E-state index contributed by atoms with van der Waals surface area (Å²) in [6.07, 6.45) is 0. The summed E-state index contributed by atoms with van der Waals surface area (Å²) in [6, 6.07) is 7.47.